The molecule has 0 aromatic heterocycles. The van der Waals surface area contributed by atoms with E-state index in [1.54, 1.807) is 0 Å². The number of aliphatic hydroxyl groups excluding tert-OH is 1. The number of halogens is 2. The summed E-state index contributed by atoms with van der Waals surface area (Å²) in [5.74, 6) is -0.782. The first kappa shape index (κ1) is 13.5. The van der Waals surface area contributed by atoms with Crippen molar-refractivity contribution in [2.24, 2.45) is 5.73 Å². The van der Waals surface area contributed by atoms with Crippen LogP contribution in [0.25, 0.3) is 0 Å². The molecular weight excluding hydrogens is 271 g/mol. The third-order valence-corrected chi connectivity index (χ3v) is 2.95. The summed E-state index contributed by atoms with van der Waals surface area (Å²) in [6, 6.07) is 3.15. The van der Waals surface area contributed by atoms with Crippen molar-refractivity contribution in [1.82, 2.24) is 0 Å². The maximum atomic E-state index is 13.5. The zero-order valence-corrected chi connectivity index (χ0v) is 10.5. The molecule has 5 N–H and O–H groups in total. The normalized spacial score (nSPS) is 21.0. The molecule has 100 valence electrons. The third-order valence-electron chi connectivity index (χ3n) is 2.60. The Morgan fingerprint density at radius 2 is 2.05 bits per heavy atom. The van der Waals surface area contributed by atoms with Gasteiger partial charge in [0, 0.05) is 17.3 Å². The van der Waals surface area contributed by atoms with Crippen LogP contribution in [-0.4, -0.2) is 16.3 Å². The highest BCUT2D eigenvalue weighted by Gasteiger charge is 2.17. The zero-order chi connectivity index (χ0) is 14.0. The van der Waals surface area contributed by atoms with Crippen molar-refractivity contribution in [1.29, 1.82) is 0 Å². The molecule has 0 saturated carbocycles. The molecule has 0 saturated heterocycles. The van der Waals surface area contributed by atoms with Gasteiger partial charge in [0.25, 0.3) is 0 Å². The van der Waals surface area contributed by atoms with Gasteiger partial charge in [0.2, 0.25) is 0 Å². The lowest BCUT2D eigenvalue weighted by Gasteiger charge is -2.17. The predicted molar refractivity (Wildman–Crippen MR) is 72.4 cm³/mol. The summed E-state index contributed by atoms with van der Waals surface area (Å²) in [6.45, 7) is 0. The Morgan fingerprint density at radius 3 is 2.74 bits per heavy atom. The van der Waals surface area contributed by atoms with Crippen LogP contribution in [0.2, 0.25) is 0 Å². The van der Waals surface area contributed by atoms with Gasteiger partial charge in [0.15, 0.2) is 0 Å². The van der Waals surface area contributed by atoms with Crippen molar-refractivity contribution in [2.75, 3.05) is 5.32 Å². The van der Waals surface area contributed by atoms with Crippen LogP contribution in [0.5, 0.6) is 5.75 Å². The number of aliphatic hydroxyl groups is 1. The molecule has 6 heteroatoms. The van der Waals surface area contributed by atoms with Crippen LogP contribution in [-0.2, 0) is 0 Å². The molecule has 2 rings (SSSR count). The van der Waals surface area contributed by atoms with Crippen molar-refractivity contribution in [3.8, 4) is 5.75 Å². The van der Waals surface area contributed by atoms with E-state index >= 15 is 0 Å². The largest absolute Gasteiger partial charge is 0.508 e. The minimum absolute atomic E-state index is 0.0223. The van der Waals surface area contributed by atoms with Gasteiger partial charge in [-0.25, -0.2) is 4.39 Å². The molecule has 1 aromatic carbocycles. The Bertz CT molecular complexity index is 596. The molecule has 1 unspecified atom stereocenters. The number of benzene rings is 1. The maximum Gasteiger partial charge on any atom is 0.150 e. The summed E-state index contributed by atoms with van der Waals surface area (Å²) in [5, 5.41) is 21.5. The van der Waals surface area contributed by atoms with Gasteiger partial charge in [0.05, 0.1) is 11.7 Å². The molecule has 0 fully saturated rings. The lowest BCUT2D eigenvalue weighted by molar-refractivity contribution is 0.429. The summed E-state index contributed by atoms with van der Waals surface area (Å²) in [7, 11) is 0. The van der Waals surface area contributed by atoms with E-state index in [4.69, 9.17) is 22.4 Å². The summed E-state index contributed by atoms with van der Waals surface area (Å²) in [6.07, 6.45) is 4.23. The lowest BCUT2D eigenvalue weighted by atomic mass is 10.0. The number of nitrogens with one attached hydrogen (secondary N) is 1. The molecule has 1 atom stereocenters. The van der Waals surface area contributed by atoms with E-state index < -0.39 is 11.9 Å². The van der Waals surface area contributed by atoms with Crippen molar-refractivity contribution >= 4 is 17.3 Å². The van der Waals surface area contributed by atoms with Crippen LogP contribution in [0, 0.1) is 5.82 Å². The minimum Gasteiger partial charge on any atom is -0.508 e. The topological polar surface area (TPSA) is 78.5 Å². The molecule has 0 radical (unpaired) electrons. The number of anilines is 1. The average molecular weight is 283 g/mol. The number of nitrogens with two attached hydrogens (primary N) is 1. The number of hydrogen-bond acceptors (Lipinski definition) is 4. The van der Waals surface area contributed by atoms with E-state index in [1.807, 2.05) is 0 Å². The maximum absolute atomic E-state index is 13.5. The van der Waals surface area contributed by atoms with Crippen LogP contribution in [0.4, 0.5) is 10.1 Å². The van der Waals surface area contributed by atoms with E-state index in [2.05, 4.69) is 5.32 Å². The molecule has 0 bridgehead atoms. The molecule has 1 aromatic rings. The first-order valence-corrected chi connectivity index (χ1v) is 5.83. The fourth-order valence-corrected chi connectivity index (χ4v) is 1.84. The van der Waals surface area contributed by atoms with E-state index in [1.165, 1.54) is 30.5 Å². The van der Waals surface area contributed by atoms with Crippen molar-refractivity contribution in [2.45, 2.75) is 6.04 Å². The summed E-state index contributed by atoms with van der Waals surface area (Å²) < 4.78 is 13.5. The van der Waals surface area contributed by atoms with Crippen LogP contribution in [0.3, 0.4) is 0 Å². The fraction of sp³-hybridized carbons (Fsp3) is 0.0769. The van der Waals surface area contributed by atoms with Crippen LogP contribution in [0.15, 0.2) is 52.9 Å². The second-order valence-corrected chi connectivity index (χ2v) is 4.47. The van der Waals surface area contributed by atoms with Gasteiger partial charge in [-0.3, -0.25) is 0 Å². The Labute approximate surface area is 114 Å². The highest BCUT2D eigenvalue weighted by atomic mass is 35.5. The van der Waals surface area contributed by atoms with E-state index in [9.17, 15) is 9.50 Å². The second kappa shape index (κ2) is 5.34. The zero-order valence-electron chi connectivity index (χ0n) is 9.77. The predicted octanol–water partition coefficient (Wildman–Crippen LogP) is 2.73. The van der Waals surface area contributed by atoms with Gasteiger partial charge in [-0.05, 0) is 29.9 Å². The number of hydrogen-bond donors (Lipinski definition) is 4. The molecule has 19 heavy (non-hydrogen) atoms. The molecule has 4 nitrogen and oxygen atoms in total. The number of rotatable bonds is 2. The van der Waals surface area contributed by atoms with Crippen LogP contribution in [0.1, 0.15) is 0 Å². The lowest BCUT2D eigenvalue weighted by Crippen LogP contribution is -2.25. The molecule has 0 heterocycles. The minimum atomic E-state index is -0.601. The second-order valence-electron chi connectivity index (χ2n) is 4.03. The van der Waals surface area contributed by atoms with Crippen LogP contribution >= 0.6 is 11.6 Å². The molecular formula is C13H12ClFN2O2. The molecule has 1 aliphatic carbocycles. The number of allylic oxidation sites excluding steroid dienone is 1. The first-order valence-electron chi connectivity index (χ1n) is 5.46. The Morgan fingerprint density at radius 1 is 1.32 bits per heavy atom. The third kappa shape index (κ3) is 3.07. The standard InChI is InChI=1S/C13H12ClFN2O2/c14-10-4-9(19)3-7(13(10)16)6-17-12-2-1-8(18)5-11(12)15/h1-6,13,17-19H,16H2/b7-6-. The van der Waals surface area contributed by atoms with E-state index in [-0.39, 0.29) is 17.2 Å². The summed E-state index contributed by atoms with van der Waals surface area (Å²) in [4.78, 5) is 0. The monoisotopic (exact) mass is 282 g/mol. The summed E-state index contributed by atoms with van der Waals surface area (Å²) >= 11 is 5.85. The first-order chi connectivity index (χ1) is 8.97. The SMILES string of the molecule is NC1C(Cl)=CC(O)=C/C1=C/Nc1ccc(O)cc1F. The quantitative estimate of drug-likeness (QED) is 0.629. The highest BCUT2D eigenvalue weighted by molar-refractivity contribution is 6.30. The molecule has 0 spiro atoms. The Balaban J connectivity index is 2.21. The van der Waals surface area contributed by atoms with Crippen LogP contribution < -0.4 is 11.1 Å². The van der Waals surface area contributed by atoms with Crippen molar-refractivity contribution < 1.29 is 14.6 Å². The van der Waals surface area contributed by atoms with Crippen molar-refractivity contribution in [3.63, 3.8) is 0 Å². The van der Waals surface area contributed by atoms with Gasteiger partial charge >= 0.3 is 0 Å². The van der Waals surface area contributed by atoms with Gasteiger partial charge < -0.3 is 21.3 Å². The molecule has 0 aliphatic heterocycles. The van der Waals surface area contributed by atoms with Gasteiger partial charge in [-0.15, -0.1) is 0 Å². The van der Waals surface area contributed by atoms with Crippen molar-refractivity contribution in [3.05, 3.63) is 58.7 Å². The Hall–Kier alpha value is -1.98. The highest BCUT2D eigenvalue weighted by Crippen LogP contribution is 2.24. The summed E-state index contributed by atoms with van der Waals surface area (Å²) in [5.41, 5.74) is 6.50. The number of phenols is 1. The van der Waals surface area contributed by atoms with Gasteiger partial charge in [0.1, 0.15) is 17.3 Å². The fourth-order valence-electron chi connectivity index (χ4n) is 1.61. The van der Waals surface area contributed by atoms with Gasteiger partial charge in [-0.2, -0.15) is 0 Å². The number of phenolic OH excluding ortho intramolecular Hbond substituents is 1. The average Bonchev–Trinajstić information content (AvgIpc) is 2.33. The molecule has 0 amide bonds. The smallest absolute Gasteiger partial charge is 0.150 e. The van der Waals surface area contributed by atoms with E-state index in [0.29, 0.717) is 10.6 Å². The van der Waals surface area contributed by atoms with Gasteiger partial charge in [-0.1, -0.05) is 11.6 Å². The molecule has 1 aliphatic rings. The Kier molecular flexibility index (Phi) is 3.78. The number of aromatic hydroxyl groups is 1. The van der Waals surface area contributed by atoms with E-state index in [0.717, 1.165) is 6.07 Å².